The van der Waals surface area contributed by atoms with E-state index in [2.05, 4.69) is 22.2 Å². The van der Waals surface area contributed by atoms with E-state index in [9.17, 15) is 0 Å². The molecule has 0 bridgehead atoms. The Morgan fingerprint density at radius 3 is 2.52 bits per heavy atom. The molecule has 6 heteroatoms. The maximum absolute atomic E-state index is 5.33. The van der Waals surface area contributed by atoms with E-state index in [4.69, 9.17) is 9.47 Å². The van der Waals surface area contributed by atoms with Crippen molar-refractivity contribution in [2.45, 2.75) is 18.0 Å². The van der Waals surface area contributed by atoms with Crippen molar-refractivity contribution in [2.24, 2.45) is 0 Å². The molecule has 1 atom stereocenters. The highest BCUT2D eigenvalue weighted by molar-refractivity contribution is 7.98. The summed E-state index contributed by atoms with van der Waals surface area (Å²) in [5.74, 6) is 2.24. The quantitative estimate of drug-likeness (QED) is 0.652. The van der Waals surface area contributed by atoms with Crippen LogP contribution >= 0.6 is 11.8 Å². The van der Waals surface area contributed by atoms with Gasteiger partial charge in [0.25, 0.3) is 0 Å². The summed E-state index contributed by atoms with van der Waals surface area (Å²) < 4.78 is 10.6. The van der Waals surface area contributed by atoms with Crippen LogP contribution in [0.15, 0.2) is 35.6 Å². The number of nitrogens with one attached hydrogen (secondary N) is 1. The molecule has 1 N–H and O–H groups in total. The zero-order valence-electron chi connectivity index (χ0n) is 12.6. The van der Waals surface area contributed by atoms with Gasteiger partial charge in [-0.05, 0) is 30.9 Å². The third-order valence-electron chi connectivity index (χ3n) is 3.12. The molecule has 0 amide bonds. The lowest BCUT2D eigenvalue weighted by atomic mass is 10.1. The number of thioether (sulfide) groups is 1. The van der Waals surface area contributed by atoms with Gasteiger partial charge in [-0.1, -0.05) is 6.07 Å². The molecule has 0 aliphatic heterocycles. The SMILES string of the molecule is COc1ccc(C(C)Nc2cc(SC)ncn2)cc1OC. The monoisotopic (exact) mass is 305 g/mol. The minimum Gasteiger partial charge on any atom is -0.493 e. The molecule has 2 aromatic rings. The molecule has 0 saturated carbocycles. The van der Waals surface area contributed by atoms with Gasteiger partial charge in [-0.15, -0.1) is 11.8 Å². The van der Waals surface area contributed by atoms with Gasteiger partial charge in [0, 0.05) is 6.07 Å². The maximum Gasteiger partial charge on any atom is 0.161 e. The van der Waals surface area contributed by atoms with Crippen LogP contribution in [0.5, 0.6) is 11.5 Å². The van der Waals surface area contributed by atoms with Crippen LogP contribution < -0.4 is 14.8 Å². The average molecular weight is 305 g/mol. The molecule has 112 valence electrons. The van der Waals surface area contributed by atoms with Gasteiger partial charge >= 0.3 is 0 Å². The molecule has 5 nitrogen and oxygen atoms in total. The van der Waals surface area contributed by atoms with Crippen LogP contribution in [-0.4, -0.2) is 30.4 Å². The first-order chi connectivity index (χ1) is 10.2. The zero-order chi connectivity index (χ0) is 15.2. The molecule has 2 rings (SSSR count). The first-order valence-corrected chi connectivity index (χ1v) is 7.75. The Hall–Kier alpha value is -1.95. The van der Waals surface area contributed by atoms with Gasteiger partial charge in [-0.3, -0.25) is 0 Å². The summed E-state index contributed by atoms with van der Waals surface area (Å²) in [6.07, 6.45) is 3.55. The van der Waals surface area contributed by atoms with Crippen molar-refractivity contribution in [1.29, 1.82) is 0 Å². The summed E-state index contributed by atoms with van der Waals surface area (Å²) in [4.78, 5) is 8.40. The molecule has 1 unspecified atom stereocenters. The van der Waals surface area contributed by atoms with Gasteiger partial charge in [0.15, 0.2) is 11.5 Å². The lowest BCUT2D eigenvalue weighted by Gasteiger charge is -2.17. The van der Waals surface area contributed by atoms with Gasteiger partial charge in [-0.2, -0.15) is 0 Å². The topological polar surface area (TPSA) is 56.3 Å². The number of benzene rings is 1. The molecule has 1 aromatic carbocycles. The van der Waals surface area contributed by atoms with Crippen LogP contribution in [0.2, 0.25) is 0 Å². The molecular weight excluding hydrogens is 286 g/mol. The van der Waals surface area contributed by atoms with Crippen molar-refractivity contribution in [1.82, 2.24) is 9.97 Å². The van der Waals surface area contributed by atoms with Crippen LogP contribution in [0.4, 0.5) is 5.82 Å². The number of aromatic nitrogens is 2. The zero-order valence-corrected chi connectivity index (χ0v) is 13.4. The van der Waals surface area contributed by atoms with Crippen LogP contribution in [0, 0.1) is 0 Å². The van der Waals surface area contributed by atoms with Crippen LogP contribution in [0.3, 0.4) is 0 Å². The van der Waals surface area contributed by atoms with Crippen molar-refractivity contribution in [2.75, 3.05) is 25.8 Å². The summed E-state index contributed by atoms with van der Waals surface area (Å²) in [5, 5.41) is 4.30. The fourth-order valence-electron chi connectivity index (χ4n) is 1.96. The summed E-state index contributed by atoms with van der Waals surface area (Å²) in [5.41, 5.74) is 1.09. The Morgan fingerprint density at radius 2 is 1.86 bits per heavy atom. The van der Waals surface area contributed by atoms with Gasteiger partial charge < -0.3 is 14.8 Å². The Labute approximate surface area is 129 Å². The molecule has 0 aliphatic rings. The van der Waals surface area contributed by atoms with E-state index in [-0.39, 0.29) is 6.04 Å². The molecule has 0 aliphatic carbocycles. The van der Waals surface area contributed by atoms with E-state index in [1.165, 1.54) is 0 Å². The summed E-state index contributed by atoms with van der Waals surface area (Å²) in [6.45, 7) is 2.07. The predicted molar refractivity (Wildman–Crippen MR) is 85.4 cm³/mol. The molecule has 0 spiro atoms. The molecule has 1 aromatic heterocycles. The van der Waals surface area contributed by atoms with Crippen molar-refractivity contribution in [3.63, 3.8) is 0 Å². The van der Waals surface area contributed by atoms with Crippen molar-refractivity contribution in [3.05, 3.63) is 36.2 Å². The number of methoxy groups -OCH3 is 2. The Kier molecular flexibility index (Phi) is 5.27. The third kappa shape index (κ3) is 3.78. The number of hydrogen-bond donors (Lipinski definition) is 1. The average Bonchev–Trinajstić information content (AvgIpc) is 2.54. The molecule has 0 fully saturated rings. The Morgan fingerprint density at radius 1 is 1.10 bits per heavy atom. The number of ether oxygens (including phenoxy) is 2. The molecule has 21 heavy (non-hydrogen) atoms. The van der Waals surface area contributed by atoms with Crippen molar-refractivity contribution in [3.8, 4) is 11.5 Å². The molecule has 0 saturated heterocycles. The predicted octanol–water partition coefficient (Wildman–Crippen LogP) is 3.39. The molecule has 1 heterocycles. The van der Waals surface area contributed by atoms with E-state index in [1.807, 2.05) is 30.5 Å². The second-order valence-electron chi connectivity index (χ2n) is 4.43. The first kappa shape index (κ1) is 15.4. The van der Waals surface area contributed by atoms with Crippen molar-refractivity contribution >= 4 is 17.6 Å². The second kappa shape index (κ2) is 7.17. The van der Waals surface area contributed by atoms with E-state index in [0.29, 0.717) is 0 Å². The largest absolute Gasteiger partial charge is 0.493 e. The minimum atomic E-state index is 0.0920. The Balaban J connectivity index is 2.17. The van der Waals surface area contributed by atoms with Gasteiger partial charge in [0.1, 0.15) is 17.2 Å². The lowest BCUT2D eigenvalue weighted by Crippen LogP contribution is -2.08. The van der Waals surface area contributed by atoms with Crippen molar-refractivity contribution < 1.29 is 9.47 Å². The van der Waals surface area contributed by atoms with Gasteiger partial charge in [0.05, 0.1) is 20.3 Å². The van der Waals surface area contributed by atoms with E-state index < -0.39 is 0 Å². The number of rotatable bonds is 6. The number of hydrogen-bond acceptors (Lipinski definition) is 6. The maximum atomic E-state index is 5.33. The summed E-state index contributed by atoms with van der Waals surface area (Å²) in [7, 11) is 3.26. The summed E-state index contributed by atoms with van der Waals surface area (Å²) in [6, 6.07) is 7.90. The van der Waals surface area contributed by atoms with Gasteiger partial charge in [-0.25, -0.2) is 9.97 Å². The minimum absolute atomic E-state index is 0.0920. The fraction of sp³-hybridized carbons (Fsp3) is 0.333. The number of nitrogens with zero attached hydrogens (tertiary/aromatic N) is 2. The smallest absolute Gasteiger partial charge is 0.161 e. The van der Waals surface area contributed by atoms with E-state index in [0.717, 1.165) is 27.9 Å². The molecular formula is C15H19N3O2S. The number of anilines is 1. The van der Waals surface area contributed by atoms with Crippen LogP contribution in [-0.2, 0) is 0 Å². The highest BCUT2D eigenvalue weighted by atomic mass is 32.2. The Bertz CT molecular complexity index is 607. The highest BCUT2D eigenvalue weighted by Gasteiger charge is 2.11. The fourth-order valence-corrected chi connectivity index (χ4v) is 2.34. The third-order valence-corrected chi connectivity index (χ3v) is 3.76. The van der Waals surface area contributed by atoms with E-state index >= 15 is 0 Å². The highest BCUT2D eigenvalue weighted by Crippen LogP contribution is 2.30. The lowest BCUT2D eigenvalue weighted by molar-refractivity contribution is 0.354. The van der Waals surface area contributed by atoms with Crippen LogP contribution in [0.1, 0.15) is 18.5 Å². The first-order valence-electron chi connectivity index (χ1n) is 6.52. The van der Waals surface area contributed by atoms with E-state index in [1.54, 1.807) is 32.3 Å². The van der Waals surface area contributed by atoms with Crippen LogP contribution in [0.25, 0.3) is 0 Å². The standard InChI is InChI=1S/C15H19N3O2S/c1-10(18-14-8-15(21-4)17-9-16-14)11-5-6-12(19-2)13(7-11)20-3/h5-10H,1-4H3,(H,16,17,18). The second-order valence-corrected chi connectivity index (χ2v) is 5.25. The van der Waals surface area contributed by atoms with Gasteiger partial charge in [0.2, 0.25) is 0 Å². The normalized spacial score (nSPS) is 11.8. The summed E-state index contributed by atoms with van der Waals surface area (Å²) >= 11 is 1.59. The molecule has 0 radical (unpaired) electrons.